The van der Waals surface area contributed by atoms with Crippen LogP contribution in [0.3, 0.4) is 0 Å². The van der Waals surface area contributed by atoms with Crippen LogP contribution in [0.15, 0.2) is 36.4 Å². The molecule has 0 aliphatic heterocycles. The largest absolute Gasteiger partial charge is 0.193 e. The third-order valence-electron chi connectivity index (χ3n) is 2.36. The van der Waals surface area contributed by atoms with E-state index in [-0.39, 0.29) is 5.41 Å². The van der Waals surface area contributed by atoms with E-state index in [0.717, 1.165) is 11.1 Å². The van der Waals surface area contributed by atoms with Gasteiger partial charge in [0.15, 0.2) is 0 Å². The molecule has 78 valence electrons. The highest BCUT2D eigenvalue weighted by Gasteiger charge is 2.23. The van der Waals surface area contributed by atoms with Crippen LogP contribution < -0.4 is 0 Å². The van der Waals surface area contributed by atoms with Crippen LogP contribution in [0.25, 0.3) is 5.57 Å². The van der Waals surface area contributed by atoms with Crippen LogP contribution in [0.4, 0.5) is 0 Å². The van der Waals surface area contributed by atoms with Crippen molar-refractivity contribution in [1.29, 1.82) is 5.26 Å². The highest BCUT2D eigenvalue weighted by Crippen LogP contribution is 2.35. The summed E-state index contributed by atoms with van der Waals surface area (Å²) < 4.78 is 0. The molecule has 0 bridgehead atoms. The van der Waals surface area contributed by atoms with Crippen molar-refractivity contribution in [3.8, 4) is 6.07 Å². The van der Waals surface area contributed by atoms with Gasteiger partial charge in [-0.15, -0.1) is 11.6 Å². The Balaban J connectivity index is 3.18. The van der Waals surface area contributed by atoms with Gasteiger partial charge in [0.1, 0.15) is 0 Å². The molecule has 0 aliphatic rings. The molecule has 1 nitrogen and oxygen atoms in total. The van der Waals surface area contributed by atoms with E-state index in [2.05, 4.69) is 6.07 Å². The number of halogens is 1. The maximum absolute atomic E-state index is 8.79. The summed E-state index contributed by atoms with van der Waals surface area (Å²) in [7, 11) is 0. The average molecular weight is 220 g/mol. The van der Waals surface area contributed by atoms with Crippen molar-refractivity contribution in [1.82, 2.24) is 0 Å². The van der Waals surface area contributed by atoms with Crippen LogP contribution in [0, 0.1) is 16.7 Å². The summed E-state index contributed by atoms with van der Waals surface area (Å²) >= 11 is 5.92. The molecule has 0 N–H and O–H groups in total. The quantitative estimate of drug-likeness (QED) is 0.560. The van der Waals surface area contributed by atoms with Crippen molar-refractivity contribution in [2.75, 3.05) is 5.88 Å². The first-order chi connectivity index (χ1) is 7.11. The molecule has 0 saturated heterocycles. The molecule has 0 radical (unpaired) electrons. The summed E-state index contributed by atoms with van der Waals surface area (Å²) in [5.74, 6) is 0.495. The van der Waals surface area contributed by atoms with Gasteiger partial charge in [-0.25, -0.2) is 0 Å². The van der Waals surface area contributed by atoms with E-state index in [4.69, 9.17) is 16.9 Å². The number of rotatable bonds is 3. The van der Waals surface area contributed by atoms with Crippen molar-refractivity contribution in [2.24, 2.45) is 5.41 Å². The second-order valence-electron chi connectivity index (χ2n) is 4.07. The molecule has 0 aliphatic carbocycles. The molecule has 0 amide bonds. The Morgan fingerprint density at radius 1 is 1.40 bits per heavy atom. The Bertz CT molecular complexity index is 385. The fraction of sp³-hybridized carbons (Fsp3) is 0.308. The van der Waals surface area contributed by atoms with Gasteiger partial charge >= 0.3 is 0 Å². The smallest absolute Gasteiger partial charge is 0.0915 e. The van der Waals surface area contributed by atoms with E-state index in [9.17, 15) is 0 Å². The number of nitrogens with zero attached hydrogens (tertiary/aromatic N) is 1. The zero-order chi connectivity index (χ0) is 11.3. The lowest BCUT2D eigenvalue weighted by Crippen LogP contribution is -2.15. The SMILES string of the molecule is CC(C)(CCl)/C(=C/C#N)c1ccccc1. The second kappa shape index (κ2) is 5.00. The van der Waals surface area contributed by atoms with E-state index < -0.39 is 0 Å². The lowest BCUT2D eigenvalue weighted by Gasteiger charge is -2.25. The Morgan fingerprint density at radius 3 is 2.47 bits per heavy atom. The van der Waals surface area contributed by atoms with Crippen LogP contribution in [-0.2, 0) is 0 Å². The Morgan fingerprint density at radius 2 is 2.00 bits per heavy atom. The topological polar surface area (TPSA) is 23.8 Å². The van der Waals surface area contributed by atoms with E-state index >= 15 is 0 Å². The Labute approximate surface area is 96.0 Å². The highest BCUT2D eigenvalue weighted by molar-refractivity contribution is 6.19. The number of hydrogen-bond donors (Lipinski definition) is 0. The standard InChI is InChI=1S/C13H14ClN/c1-13(2,10-14)12(8-9-15)11-6-4-3-5-7-11/h3-8H,10H2,1-2H3/b12-8+. The number of hydrogen-bond acceptors (Lipinski definition) is 1. The van der Waals surface area contributed by atoms with Crippen LogP contribution in [-0.4, -0.2) is 5.88 Å². The summed E-state index contributed by atoms with van der Waals surface area (Å²) in [5.41, 5.74) is 1.86. The Hall–Kier alpha value is -1.26. The first-order valence-corrected chi connectivity index (χ1v) is 5.37. The normalized spacial score (nSPS) is 12.3. The van der Waals surface area contributed by atoms with Gasteiger partial charge in [-0.3, -0.25) is 0 Å². The predicted octanol–water partition coefficient (Wildman–Crippen LogP) is 3.86. The maximum Gasteiger partial charge on any atom is 0.0915 e. The summed E-state index contributed by atoms with van der Waals surface area (Å²) in [5, 5.41) is 8.79. The Kier molecular flexibility index (Phi) is 3.94. The maximum atomic E-state index is 8.79. The number of benzene rings is 1. The van der Waals surface area contributed by atoms with Gasteiger partial charge in [-0.1, -0.05) is 44.2 Å². The van der Waals surface area contributed by atoms with Crippen LogP contribution in [0.5, 0.6) is 0 Å². The molecular weight excluding hydrogens is 206 g/mol. The molecule has 0 fully saturated rings. The van der Waals surface area contributed by atoms with E-state index in [1.54, 1.807) is 6.08 Å². The average Bonchev–Trinajstić information content (AvgIpc) is 2.27. The van der Waals surface area contributed by atoms with Crippen molar-refractivity contribution < 1.29 is 0 Å². The predicted molar refractivity (Wildman–Crippen MR) is 64.5 cm³/mol. The number of allylic oxidation sites excluding steroid dienone is 2. The zero-order valence-corrected chi connectivity index (χ0v) is 9.75. The molecule has 1 aromatic carbocycles. The fourth-order valence-corrected chi connectivity index (χ4v) is 1.57. The molecule has 15 heavy (non-hydrogen) atoms. The summed E-state index contributed by atoms with van der Waals surface area (Å²) in [4.78, 5) is 0. The lowest BCUT2D eigenvalue weighted by atomic mass is 9.82. The molecule has 0 heterocycles. The summed E-state index contributed by atoms with van der Waals surface area (Å²) in [6.07, 6.45) is 1.58. The van der Waals surface area contributed by atoms with Gasteiger partial charge < -0.3 is 0 Å². The molecule has 2 heteroatoms. The van der Waals surface area contributed by atoms with Gasteiger partial charge in [-0.2, -0.15) is 5.26 Å². The summed E-state index contributed by atoms with van der Waals surface area (Å²) in [6, 6.07) is 12.0. The second-order valence-corrected chi connectivity index (χ2v) is 4.34. The third-order valence-corrected chi connectivity index (χ3v) is 3.03. The minimum Gasteiger partial charge on any atom is -0.193 e. The van der Waals surface area contributed by atoms with Gasteiger partial charge in [0.25, 0.3) is 0 Å². The molecular formula is C13H14ClN. The number of alkyl halides is 1. The van der Waals surface area contributed by atoms with Crippen molar-refractivity contribution in [3.05, 3.63) is 42.0 Å². The fourth-order valence-electron chi connectivity index (χ4n) is 1.42. The monoisotopic (exact) mass is 219 g/mol. The molecule has 0 atom stereocenters. The van der Waals surface area contributed by atoms with Gasteiger partial charge in [0, 0.05) is 17.4 Å². The minimum atomic E-state index is -0.182. The molecule has 0 spiro atoms. The molecule has 0 aromatic heterocycles. The van der Waals surface area contributed by atoms with Gasteiger partial charge in [-0.05, 0) is 11.1 Å². The first-order valence-electron chi connectivity index (χ1n) is 4.83. The van der Waals surface area contributed by atoms with E-state index in [1.807, 2.05) is 44.2 Å². The molecule has 0 unspecified atom stereocenters. The van der Waals surface area contributed by atoms with Gasteiger partial charge in [0.05, 0.1) is 6.07 Å². The third kappa shape index (κ3) is 2.84. The lowest BCUT2D eigenvalue weighted by molar-refractivity contribution is 0.575. The van der Waals surface area contributed by atoms with Crippen molar-refractivity contribution in [3.63, 3.8) is 0 Å². The summed E-state index contributed by atoms with van der Waals surface area (Å²) in [6.45, 7) is 4.08. The van der Waals surface area contributed by atoms with Crippen LogP contribution in [0.1, 0.15) is 19.4 Å². The first kappa shape index (κ1) is 11.8. The highest BCUT2D eigenvalue weighted by atomic mass is 35.5. The number of nitriles is 1. The van der Waals surface area contributed by atoms with Gasteiger partial charge in [0.2, 0.25) is 0 Å². The minimum absolute atomic E-state index is 0.182. The van der Waals surface area contributed by atoms with E-state index in [0.29, 0.717) is 5.88 Å². The van der Waals surface area contributed by atoms with Crippen LogP contribution >= 0.6 is 11.6 Å². The molecule has 1 rings (SSSR count). The van der Waals surface area contributed by atoms with Crippen molar-refractivity contribution >= 4 is 17.2 Å². The van der Waals surface area contributed by atoms with E-state index in [1.165, 1.54) is 0 Å². The zero-order valence-electron chi connectivity index (χ0n) is 9.00. The van der Waals surface area contributed by atoms with Crippen LogP contribution in [0.2, 0.25) is 0 Å². The molecule has 1 aromatic rings. The molecule has 0 saturated carbocycles. The van der Waals surface area contributed by atoms with Crippen molar-refractivity contribution in [2.45, 2.75) is 13.8 Å².